The molecule has 0 aliphatic rings. The lowest BCUT2D eigenvalue weighted by molar-refractivity contribution is -0.134. The number of nitriles is 1. The normalized spacial score (nSPS) is 12.0. The van der Waals surface area contributed by atoms with E-state index in [2.05, 4.69) is 9.13 Å². The van der Waals surface area contributed by atoms with Gasteiger partial charge in [-0.25, -0.2) is 4.79 Å². The third-order valence-electron chi connectivity index (χ3n) is 3.43. The Morgan fingerprint density at radius 3 is 2.23 bits per heavy atom. The fourth-order valence-corrected chi connectivity index (χ4v) is 3.01. The zero-order chi connectivity index (χ0) is 19.2. The highest BCUT2D eigenvalue weighted by atomic mass is 32.2. The first kappa shape index (κ1) is 19.1. The molecule has 2 aromatic rings. The van der Waals surface area contributed by atoms with Gasteiger partial charge in [-0.1, -0.05) is 29.8 Å². The minimum absolute atomic E-state index is 0.0423. The topological polar surface area (TPSA) is 96.6 Å². The molecule has 0 radical (unpaired) electrons. The quantitative estimate of drug-likeness (QED) is 0.459. The molecule has 0 saturated heterocycles. The number of hydrogen-bond acceptors (Lipinski definition) is 5. The molecule has 0 aliphatic carbocycles. The van der Waals surface area contributed by atoms with E-state index in [0.29, 0.717) is 11.1 Å². The van der Waals surface area contributed by atoms with Crippen LogP contribution in [0.5, 0.6) is 0 Å². The summed E-state index contributed by atoms with van der Waals surface area (Å²) in [5, 5.41) is 8.88. The van der Waals surface area contributed by atoms with Crippen molar-refractivity contribution >= 4 is 21.7 Å². The highest BCUT2D eigenvalue weighted by Gasteiger charge is 2.14. The molecule has 0 aromatic heterocycles. The number of hydrogen-bond donors (Lipinski definition) is 0. The van der Waals surface area contributed by atoms with Crippen LogP contribution in [0.25, 0.3) is 0 Å². The second-order valence-corrected chi connectivity index (χ2v) is 6.91. The summed E-state index contributed by atoms with van der Waals surface area (Å²) in [6, 6.07) is 14.5. The summed E-state index contributed by atoms with van der Waals surface area (Å²) in [6.45, 7) is 1.85. The molecule has 0 unspecified atom stereocenters. The van der Waals surface area contributed by atoms with Crippen LogP contribution in [0.1, 0.15) is 16.7 Å². The van der Waals surface area contributed by atoms with Crippen LogP contribution in [0.2, 0.25) is 0 Å². The number of methoxy groups -OCH3 is 1. The van der Waals surface area contributed by atoms with Gasteiger partial charge in [0.1, 0.15) is 0 Å². The SMILES string of the molecule is COC(=O)/C=C/C(=N\S(=O)(=O)c1ccc(C)cc1)c1ccc(C#N)cc1. The molecule has 0 bridgehead atoms. The van der Waals surface area contributed by atoms with E-state index in [0.717, 1.165) is 11.6 Å². The van der Waals surface area contributed by atoms with Crippen molar-refractivity contribution in [3.05, 3.63) is 77.4 Å². The van der Waals surface area contributed by atoms with Gasteiger partial charge in [0.25, 0.3) is 10.0 Å². The molecule has 26 heavy (non-hydrogen) atoms. The zero-order valence-electron chi connectivity index (χ0n) is 14.2. The fourth-order valence-electron chi connectivity index (χ4n) is 2.00. The number of carbonyl (C=O) groups is 1. The lowest BCUT2D eigenvalue weighted by Gasteiger charge is -2.04. The molecule has 0 aliphatic heterocycles. The molecule has 2 rings (SSSR count). The Morgan fingerprint density at radius 1 is 1.08 bits per heavy atom. The third kappa shape index (κ3) is 4.88. The van der Waals surface area contributed by atoms with Gasteiger partial charge in [0.05, 0.1) is 29.3 Å². The molecule has 132 valence electrons. The molecular weight excluding hydrogens is 352 g/mol. The number of rotatable bonds is 5. The highest BCUT2D eigenvalue weighted by Crippen LogP contribution is 2.16. The Morgan fingerprint density at radius 2 is 1.69 bits per heavy atom. The van der Waals surface area contributed by atoms with Crippen LogP contribution in [0.3, 0.4) is 0 Å². The van der Waals surface area contributed by atoms with E-state index in [1.807, 2.05) is 13.0 Å². The maximum atomic E-state index is 12.6. The summed E-state index contributed by atoms with van der Waals surface area (Å²) < 4.78 is 33.5. The van der Waals surface area contributed by atoms with Gasteiger partial charge < -0.3 is 4.74 Å². The Hall–Kier alpha value is -3.24. The van der Waals surface area contributed by atoms with Crippen LogP contribution in [0.15, 0.2) is 70.0 Å². The second kappa shape index (κ2) is 8.23. The van der Waals surface area contributed by atoms with Crippen molar-refractivity contribution in [2.75, 3.05) is 7.11 Å². The summed E-state index contributed by atoms with van der Waals surface area (Å²) in [5.41, 5.74) is 1.84. The maximum absolute atomic E-state index is 12.6. The Balaban J connectivity index is 2.52. The van der Waals surface area contributed by atoms with Gasteiger partial charge >= 0.3 is 5.97 Å². The summed E-state index contributed by atoms with van der Waals surface area (Å²) in [4.78, 5) is 11.4. The van der Waals surface area contributed by atoms with E-state index in [1.54, 1.807) is 24.3 Å². The van der Waals surface area contributed by atoms with Gasteiger partial charge in [-0.15, -0.1) is 0 Å². The summed E-state index contributed by atoms with van der Waals surface area (Å²) in [5.74, 6) is -0.640. The van der Waals surface area contributed by atoms with E-state index in [1.165, 1.54) is 37.5 Å². The van der Waals surface area contributed by atoms with Gasteiger partial charge in [-0.05, 0) is 37.3 Å². The van der Waals surface area contributed by atoms with Crippen LogP contribution in [-0.4, -0.2) is 27.2 Å². The smallest absolute Gasteiger partial charge is 0.330 e. The number of benzene rings is 2. The fraction of sp³-hybridized carbons (Fsp3) is 0.105. The zero-order valence-corrected chi connectivity index (χ0v) is 15.0. The molecule has 0 heterocycles. The molecule has 0 amide bonds. The van der Waals surface area contributed by atoms with Gasteiger partial charge in [-0.2, -0.15) is 18.1 Å². The number of allylic oxidation sites excluding steroid dienone is 1. The molecule has 0 atom stereocenters. The average molecular weight is 368 g/mol. The van der Waals surface area contributed by atoms with Gasteiger partial charge in [0, 0.05) is 11.6 Å². The van der Waals surface area contributed by atoms with Crippen molar-refractivity contribution < 1.29 is 17.9 Å². The van der Waals surface area contributed by atoms with Crippen LogP contribution in [0, 0.1) is 18.3 Å². The van der Waals surface area contributed by atoms with E-state index >= 15 is 0 Å². The van der Waals surface area contributed by atoms with Crippen LogP contribution < -0.4 is 0 Å². The van der Waals surface area contributed by atoms with E-state index in [9.17, 15) is 13.2 Å². The number of nitrogens with zero attached hydrogens (tertiary/aromatic N) is 2. The van der Waals surface area contributed by atoms with Crippen molar-refractivity contribution in [1.82, 2.24) is 0 Å². The molecule has 0 fully saturated rings. The average Bonchev–Trinajstić information content (AvgIpc) is 2.65. The van der Waals surface area contributed by atoms with Crippen LogP contribution in [-0.2, 0) is 19.6 Å². The third-order valence-corrected chi connectivity index (χ3v) is 4.73. The molecule has 6 nitrogen and oxygen atoms in total. The number of sulfonamides is 1. The minimum Gasteiger partial charge on any atom is -0.466 e. The largest absolute Gasteiger partial charge is 0.466 e. The Bertz CT molecular complexity index is 997. The molecule has 7 heteroatoms. The molecule has 2 aromatic carbocycles. The Labute approximate surface area is 152 Å². The predicted molar refractivity (Wildman–Crippen MR) is 97.2 cm³/mol. The molecule has 0 N–H and O–H groups in total. The number of ether oxygens (including phenoxy) is 1. The lowest BCUT2D eigenvalue weighted by Crippen LogP contribution is -2.06. The van der Waals surface area contributed by atoms with Crippen molar-refractivity contribution in [3.63, 3.8) is 0 Å². The number of aryl methyl sites for hydroxylation is 1. The first-order chi connectivity index (χ1) is 12.4. The predicted octanol–water partition coefficient (Wildman–Crippen LogP) is 2.77. The number of esters is 1. The standard InChI is InChI=1S/C19H16N2O4S/c1-14-3-9-17(10-4-14)26(23,24)21-18(11-12-19(22)25-2)16-7-5-15(13-20)6-8-16/h3-12H,1-2H3/b12-11+,21-18+. The van der Waals surface area contributed by atoms with Crippen molar-refractivity contribution in [2.45, 2.75) is 11.8 Å². The first-order valence-electron chi connectivity index (χ1n) is 7.54. The van der Waals surface area contributed by atoms with Gasteiger partial charge in [0.2, 0.25) is 0 Å². The monoisotopic (exact) mass is 368 g/mol. The van der Waals surface area contributed by atoms with Crippen molar-refractivity contribution in [1.29, 1.82) is 5.26 Å². The highest BCUT2D eigenvalue weighted by molar-refractivity contribution is 7.90. The number of carbonyl (C=O) groups excluding carboxylic acids is 1. The Kier molecular flexibility index (Phi) is 6.04. The summed E-state index contributed by atoms with van der Waals surface area (Å²) in [6.07, 6.45) is 2.35. The van der Waals surface area contributed by atoms with Crippen LogP contribution in [0.4, 0.5) is 0 Å². The van der Waals surface area contributed by atoms with Crippen molar-refractivity contribution in [3.8, 4) is 6.07 Å². The maximum Gasteiger partial charge on any atom is 0.330 e. The molecular formula is C19H16N2O4S. The second-order valence-electron chi connectivity index (χ2n) is 5.31. The van der Waals surface area contributed by atoms with Gasteiger partial charge in [-0.3, -0.25) is 0 Å². The first-order valence-corrected chi connectivity index (χ1v) is 8.98. The van der Waals surface area contributed by atoms with Gasteiger partial charge in [0.15, 0.2) is 0 Å². The summed E-state index contributed by atoms with van der Waals surface area (Å²) in [7, 11) is -2.76. The molecule has 0 spiro atoms. The van der Waals surface area contributed by atoms with E-state index in [4.69, 9.17) is 5.26 Å². The van der Waals surface area contributed by atoms with E-state index in [-0.39, 0.29) is 10.6 Å². The summed E-state index contributed by atoms with van der Waals surface area (Å²) >= 11 is 0. The van der Waals surface area contributed by atoms with Crippen LogP contribution >= 0.6 is 0 Å². The van der Waals surface area contributed by atoms with Crippen molar-refractivity contribution in [2.24, 2.45) is 4.40 Å². The minimum atomic E-state index is -3.98. The van der Waals surface area contributed by atoms with E-state index < -0.39 is 16.0 Å². The lowest BCUT2D eigenvalue weighted by atomic mass is 10.1. The molecule has 0 saturated carbocycles.